The van der Waals surface area contributed by atoms with Gasteiger partial charge in [-0.15, -0.1) is 11.3 Å². The van der Waals surface area contributed by atoms with Crippen LogP contribution in [0.25, 0.3) is 16.9 Å². The molecule has 4 aromatic heterocycles. The maximum absolute atomic E-state index is 13.4. The van der Waals surface area contributed by atoms with Crippen molar-refractivity contribution in [3.8, 4) is 16.9 Å². The van der Waals surface area contributed by atoms with E-state index in [2.05, 4.69) is 11.4 Å². The van der Waals surface area contributed by atoms with Crippen molar-refractivity contribution in [2.24, 2.45) is 5.10 Å². The Hall–Kier alpha value is -3.75. The zero-order valence-corrected chi connectivity index (χ0v) is 19.0. The van der Waals surface area contributed by atoms with E-state index in [4.69, 9.17) is 14.6 Å². The second kappa shape index (κ2) is 8.31. The SMILES string of the molecule is O=C(c1ccco1)N1N=C(c2cccs2)C[C@H]1c1cn(-c2ccccc2)nc1-c1ccsc1. The summed E-state index contributed by atoms with van der Waals surface area (Å²) >= 11 is 3.24. The van der Waals surface area contributed by atoms with Gasteiger partial charge in [0.2, 0.25) is 0 Å². The molecule has 6 nitrogen and oxygen atoms in total. The first-order valence-corrected chi connectivity index (χ1v) is 12.3. The molecule has 0 spiro atoms. The van der Waals surface area contributed by atoms with Crippen molar-refractivity contribution in [3.05, 3.63) is 105 Å². The summed E-state index contributed by atoms with van der Waals surface area (Å²) in [5.74, 6) is 0.00370. The fraction of sp³-hybridized carbons (Fsp3) is 0.0800. The lowest BCUT2D eigenvalue weighted by molar-refractivity contribution is 0.0679. The van der Waals surface area contributed by atoms with Gasteiger partial charge in [0.15, 0.2) is 5.76 Å². The van der Waals surface area contributed by atoms with E-state index in [1.807, 2.05) is 64.1 Å². The highest BCUT2D eigenvalue weighted by Crippen LogP contribution is 2.40. The molecule has 6 rings (SSSR count). The van der Waals surface area contributed by atoms with Crippen LogP contribution in [0.15, 0.2) is 98.8 Å². The van der Waals surface area contributed by atoms with Crippen LogP contribution in [-0.4, -0.2) is 26.4 Å². The lowest BCUT2D eigenvalue weighted by atomic mass is 9.99. The molecular formula is C25H18N4O2S2. The third-order valence-corrected chi connectivity index (χ3v) is 7.17. The average molecular weight is 471 g/mol. The van der Waals surface area contributed by atoms with Gasteiger partial charge in [-0.25, -0.2) is 9.69 Å². The number of benzene rings is 1. The highest BCUT2D eigenvalue weighted by atomic mass is 32.1. The van der Waals surface area contributed by atoms with E-state index >= 15 is 0 Å². The molecule has 0 saturated carbocycles. The molecule has 8 heteroatoms. The summed E-state index contributed by atoms with van der Waals surface area (Å²) in [6.45, 7) is 0. The minimum absolute atomic E-state index is 0.264. The molecule has 0 aliphatic carbocycles. The average Bonchev–Trinajstić information content (AvgIpc) is 3.69. The van der Waals surface area contributed by atoms with Gasteiger partial charge in [-0.05, 0) is 47.2 Å². The largest absolute Gasteiger partial charge is 0.459 e. The number of hydrogen-bond acceptors (Lipinski definition) is 6. The number of para-hydroxylation sites is 1. The van der Waals surface area contributed by atoms with Crippen molar-refractivity contribution in [2.45, 2.75) is 12.5 Å². The fourth-order valence-corrected chi connectivity index (χ4v) is 5.37. The maximum atomic E-state index is 13.4. The van der Waals surface area contributed by atoms with Gasteiger partial charge in [-0.3, -0.25) is 4.79 Å². The number of furan rings is 1. The summed E-state index contributed by atoms with van der Waals surface area (Å²) in [5, 5.41) is 17.4. The molecule has 162 valence electrons. The Morgan fingerprint density at radius 1 is 1.03 bits per heavy atom. The molecule has 0 unspecified atom stereocenters. The third kappa shape index (κ3) is 3.63. The quantitative estimate of drug-likeness (QED) is 0.305. The summed E-state index contributed by atoms with van der Waals surface area (Å²) in [6.07, 6.45) is 4.12. The summed E-state index contributed by atoms with van der Waals surface area (Å²) in [4.78, 5) is 14.4. The van der Waals surface area contributed by atoms with Crippen LogP contribution in [0.1, 0.15) is 33.5 Å². The lowest BCUT2D eigenvalue weighted by Gasteiger charge is -2.20. The van der Waals surface area contributed by atoms with Crippen LogP contribution in [0.5, 0.6) is 0 Å². The second-order valence-electron chi connectivity index (χ2n) is 7.60. The topological polar surface area (TPSA) is 63.6 Å². The smallest absolute Gasteiger partial charge is 0.310 e. The number of carbonyl (C=O) groups is 1. The summed E-state index contributed by atoms with van der Waals surface area (Å²) in [7, 11) is 0. The number of aromatic nitrogens is 2. The van der Waals surface area contributed by atoms with Crippen LogP contribution < -0.4 is 0 Å². The van der Waals surface area contributed by atoms with Gasteiger partial charge in [0.05, 0.1) is 34.3 Å². The Labute approximate surface area is 198 Å². The first-order chi connectivity index (χ1) is 16.3. The predicted octanol–water partition coefficient (Wildman–Crippen LogP) is 6.25. The third-order valence-electron chi connectivity index (χ3n) is 5.57. The molecule has 0 N–H and O–H groups in total. The van der Waals surface area contributed by atoms with E-state index < -0.39 is 0 Å². The highest BCUT2D eigenvalue weighted by Gasteiger charge is 2.37. The van der Waals surface area contributed by atoms with Gasteiger partial charge in [-0.1, -0.05) is 24.3 Å². The van der Waals surface area contributed by atoms with Crippen LogP contribution in [0, 0.1) is 0 Å². The maximum Gasteiger partial charge on any atom is 0.310 e. The zero-order chi connectivity index (χ0) is 22.2. The van der Waals surface area contributed by atoms with Crippen LogP contribution in [0.3, 0.4) is 0 Å². The van der Waals surface area contributed by atoms with Gasteiger partial charge in [0.25, 0.3) is 0 Å². The van der Waals surface area contributed by atoms with E-state index in [0.717, 1.165) is 33.1 Å². The molecule has 1 amide bonds. The number of hydrogen-bond donors (Lipinski definition) is 0. The van der Waals surface area contributed by atoms with E-state index in [9.17, 15) is 4.79 Å². The first-order valence-electron chi connectivity index (χ1n) is 10.4. The summed E-state index contributed by atoms with van der Waals surface area (Å²) in [5.41, 5.74) is 4.68. The van der Waals surface area contributed by atoms with Gasteiger partial charge in [0.1, 0.15) is 0 Å². The number of thiophene rings is 2. The van der Waals surface area contributed by atoms with Gasteiger partial charge < -0.3 is 4.42 Å². The Balaban J connectivity index is 1.48. The molecule has 1 aromatic carbocycles. The zero-order valence-electron chi connectivity index (χ0n) is 17.4. The van der Waals surface area contributed by atoms with Gasteiger partial charge in [-0.2, -0.15) is 21.5 Å². The lowest BCUT2D eigenvalue weighted by Crippen LogP contribution is -2.26. The Kier molecular flexibility index (Phi) is 5.01. The molecule has 33 heavy (non-hydrogen) atoms. The molecular weight excluding hydrogens is 452 g/mol. The molecule has 1 aliphatic heterocycles. The number of hydrazone groups is 1. The van der Waals surface area contributed by atoms with Crippen LogP contribution in [-0.2, 0) is 0 Å². The van der Waals surface area contributed by atoms with Crippen molar-refractivity contribution in [1.82, 2.24) is 14.8 Å². The predicted molar refractivity (Wildman–Crippen MR) is 130 cm³/mol. The summed E-state index contributed by atoms with van der Waals surface area (Å²) in [6, 6.07) is 19.2. The molecule has 0 bridgehead atoms. The number of carbonyl (C=O) groups excluding carboxylic acids is 1. The first kappa shape index (κ1) is 19.9. The highest BCUT2D eigenvalue weighted by molar-refractivity contribution is 7.12. The van der Waals surface area contributed by atoms with E-state index in [0.29, 0.717) is 6.42 Å². The molecule has 5 aromatic rings. The van der Waals surface area contributed by atoms with E-state index in [-0.39, 0.29) is 17.7 Å². The molecule has 1 aliphatic rings. The second-order valence-corrected chi connectivity index (χ2v) is 9.32. The fourth-order valence-electron chi connectivity index (χ4n) is 4.01. The molecule has 0 saturated heterocycles. The Morgan fingerprint density at radius 3 is 2.67 bits per heavy atom. The minimum Gasteiger partial charge on any atom is -0.459 e. The van der Waals surface area contributed by atoms with Crippen LogP contribution in [0.4, 0.5) is 0 Å². The monoisotopic (exact) mass is 470 g/mol. The van der Waals surface area contributed by atoms with Crippen molar-refractivity contribution in [1.29, 1.82) is 0 Å². The van der Waals surface area contributed by atoms with Crippen molar-refractivity contribution < 1.29 is 9.21 Å². The van der Waals surface area contributed by atoms with E-state index in [1.54, 1.807) is 39.8 Å². The van der Waals surface area contributed by atoms with Crippen LogP contribution in [0.2, 0.25) is 0 Å². The summed E-state index contributed by atoms with van der Waals surface area (Å²) < 4.78 is 7.29. The van der Waals surface area contributed by atoms with Gasteiger partial charge in [0, 0.05) is 29.1 Å². The van der Waals surface area contributed by atoms with Gasteiger partial charge >= 0.3 is 5.91 Å². The number of nitrogens with zero attached hydrogens (tertiary/aromatic N) is 4. The van der Waals surface area contributed by atoms with Crippen LogP contribution >= 0.6 is 22.7 Å². The molecule has 5 heterocycles. The Bertz CT molecular complexity index is 1400. The van der Waals surface area contributed by atoms with E-state index in [1.165, 1.54) is 6.26 Å². The minimum atomic E-state index is -0.299. The Morgan fingerprint density at radius 2 is 1.94 bits per heavy atom. The molecule has 0 radical (unpaired) electrons. The normalized spacial score (nSPS) is 15.7. The number of rotatable bonds is 5. The van der Waals surface area contributed by atoms with Crippen molar-refractivity contribution in [3.63, 3.8) is 0 Å². The van der Waals surface area contributed by atoms with Crippen molar-refractivity contribution >= 4 is 34.3 Å². The number of amides is 1. The molecule has 1 atom stereocenters. The standard InChI is InChI=1S/C25H18N4O2S2/c30-25(22-8-4-11-31-22)29-21(14-20(26-29)23-9-5-12-33-23)19-15-28(18-6-2-1-3-7-18)27-24(19)17-10-13-32-16-17/h1-13,15-16,21H,14H2/t21-/m0/s1. The van der Waals surface area contributed by atoms with Crippen molar-refractivity contribution in [2.75, 3.05) is 0 Å². The molecule has 0 fully saturated rings.